The van der Waals surface area contributed by atoms with Crippen LogP contribution in [-0.4, -0.2) is 42.0 Å². The second kappa shape index (κ2) is 7.51. The summed E-state index contributed by atoms with van der Waals surface area (Å²) < 4.78 is 41.4. The molecule has 0 saturated carbocycles. The topological polar surface area (TPSA) is 52.7 Å². The third-order valence-electron chi connectivity index (χ3n) is 5.34. The molecule has 0 aliphatic carbocycles. The Morgan fingerprint density at radius 2 is 1.76 bits per heavy atom. The Hall–Kier alpha value is -2.87. The molecule has 0 bridgehead atoms. The van der Waals surface area contributed by atoms with E-state index in [0.717, 1.165) is 16.9 Å². The fourth-order valence-electron chi connectivity index (χ4n) is 3.95. The largest absolute Gasteiger partial charge is 0.409 e. The van der Waals surface area contributed by atoms with Gasteiger partial charge in [0.2, 0.25) is 11.8 Å². The Bertz CT molecular complexity index is 945. The van der Waals surface area contributed by atoms with Crippen LogP contribution < -0.4 is 10.2 Å². The van der Waals surface area contributed by atoms with Gasteiger partial charge in [-0.25, -0.2) is 0 Å². The molecule has 4 rings (SSSR count). The Balaban J connectivity index is 1.63. The molecule has 2 aliphatic heterocycles. The van der Waals surface area contributed by atoms with Crippen LogP contribution in [0.4, 0.5) is 24.5 Å². The van der Waals surface area contributed by atoms with Gasteiger partial charge in [-0.2, -0.15) is 13.2 Å². The van der Waals surface area contributed by atoms with Gasteiger partial charge >= 0.3 is 6.18 Å². The Kier molecular flexibility index (Phi) is 5.04. The average molecular weight is 403 g/mol. The van der Waals surface area contributed by atoms with Crippen molar-refractivity contribution >= 4 is 23.2 Å². The molecule has 1 atom stereocenters. The van der Waals surface area contributed by atoms with E-state index >= 15 is 0 Å². The Labute approximate surface area is 166 Å². The average Bonchev–Trinajstić information content (AvgIpc) is 2.83. The van der Waals surface area contributed by atoms with Crippen molar-refractivity contribution < 1.29 is 22.8 Å². The molecule has 1 N–H and O–H groups in total. The summed E-state index contributed by atoms with van der Waals surface area (Å²) in [6.07, 6.45) is -4.81. The van der Waals surface area contributed by atoms with Crippen LogP contribution >= 0.6 is 0 Å². The molecule has 2 aliphatic rings. The lowest BCUT2D eigenvalue weighted by molar-refractivity contribution is -0.158. The van der Waals surface area contributed by atoms with Crippen molar-refractivity contribution in [3.63, 3.8) is 0 Å². The second-order valence-corrected chi connectivity index (χ2v) is 7.32. The van der Waals surface area contributed by atoms with Gasteiger partial charge in [0.25, 0.3) is 0 Å². The first-order chi connectivity index (χ1) is 13.8. The van der Waals surface area contributed by atoms with E-state index in [9.17, 15) is 22.8 Å². The third-order valence-corrected chi connectivity index (χ3v) is 5.34. The molecule has 0 saturated heterocycles. The summed E-state index contributed by atoms with van der Waals surface area (Å²) in [6.45, 7) is 0.945. The second-order valence-electron chi connectivity index (χ2n) is 7.32. The molecule has 2 amide bonds. The molecule has 2 aromatic carbocycles. The van der Waals surface area contributed by atoms with Gasteiger partial charge in [0.05, 0.1) is 24.3 Å². The van der Waals surface area contributed by atoms with Gasteiger partial charge in [-0.3, -0.25) is 19.4 Å². The highest BCUT2D eigenvalue weighted by molar-refractivity contribution is 6.05. The van der Waals surface area contributed by atoms with Crippen LogP contribution in [0.1, 0.15) is 17.5 Å². The summed E-state index contributed by atoms with van der Waals surface area (Å²) in [6, 6.07) is 11.8. The van der Waals surface area contributed by atoms with E-state index in [1.807, 2.05) is 29.2 Å². The smallest absolute Gasteiger partial charge is 0.324 e. The van der Waals surface area contributed by atoms with E-state index < -0.39 is 30.5 Å². The van der Waals surface area contributed by atoms with Crippen LogP contribution in [-0.2, 0) is 22.6 Å². The summed E-state index contributed by atoms with van der Waals surface area (Å²) >= 11 is 0. The number of hydrogen-bond donors (Lipinski definition) is 1. The summed E-state index contributed by atoms with van der Waals surface area (Å²) in [4.78, 5) is 27.7. The minimum atomic E-state index is -4.72. The molecule has 5 nitrogen and oxygen atoms in total. The van der Waals surface area contributed by atoms with E-state index in [-0.39, 0.29) is 17.9 Å². The fraction of sp³-hybridized carbons (Fsp3) is 0.333. The normalized spacial score (nSPS) is 19.8. The minimum absolute atomic E-state index is 0.0723. The molecule has 0 radical (unpaired) electrons. The van der Waals surface area contributed by atoms with Gasteiger partial charge in [0, 0.05) is 13.1 Å². The lowest BCUT2D eigenvalue weighted by atomic mass is 10.00. The Morgan fingerprint density at radius 1 is 1.07 bits per heavy atom. The quantitative estimate of drug-likeness (QED) is 0.837. The number of para-hydroxylation sites is 2. The molecular weight excluding hydrogens is 383 g/mol. The molecular formula is C21H20F3N3O2. The van der Waals surface area contributed by atoms with Gasteiger partial charge in [0.15, 0.2) is 0 Å². The summed E-state index contributed by atoms with van der Waals surface area (Å²) in [7, 11) is 0. The molecule has 29 heavy (non-hydrogen) atoms. The van der Waals surface area contributed by atoms with Gasteiger partial charge in [0.1, 0.15) is 6.04 Å². The maximum absolute atomic E-state index is 13.8. The lowest BCUT2D eigenvalue weighted by Crippen LogP contribution is -2.52. The van der Waals surface area contributed by atoms with Crippen molar-refractivity contribution in [2.75, 3.05) is 23.3 Å². The Morgan fingerprint density at radius 3 is 2.52 bits per heavy atom. The molecule has 0 fully saturated rings. The van der Waals surface area contributed by atoms with Gasteiger partial charge in [-0.15, -0.1) is 0 Å². The lowest BCUT2D eigenvalue weighted by Gasteiger charge is -2.34. The summed E-state index contributed by atoms with van der Waals surface area (Å²) in [5.74, 6) is -1.43. The van der Waals surface area contributed by atoms with E-state index in [2.05, 4.69) is 5.32 Å². The van der Waals surface area contributed by atoms with Crippen LogP contribution in [0.5, 0.6) is 0 Å². The van der Waals surface area contributed by atoms with Crippen molar-refractivity contribution in [1.29, 1.82) is 0 Å². The van der Waals surface area contributed by atoms with Gasteiger partial charge in [-0.1, -0.05) is 36.4 Å². The zero-order valence-electron chi connectivity index (χ0n) is 15.6. The maximum atomic E-state index is 13.8. The first kappa shape index (κ1) is 19.4. The zero-order valence-corrected chi connectivity index (χ0v) is 15.6. The van der Waals surface area contributed by atoms with E-state index in [0.29, 0.717) is 13.1 Å². The van der Waals surface area contributed by atoms with Crippen LogP contribution in [0.3, 0.4) is 0 Å². The third kappa shape index (κ3) is 3.98. The predicted octanol–water partition coefficient (Wildman–Crippen LogP) is 3.35. The number of alkyl halides is 3. The highest BCUT2D eigenvalue weighted by Gasteiger charge is 2.49. The number of carbonyl (C=O) groups excluding carboxylic acids is 2. The number of carbonyl (C=O) groups is 2. The van der Waals surface area contributed by atoms with Crippen LogP contribution in [0.15, 0.2) is 48.5 Å². The van der Waals surface area contributed by atoms with Crippen molar-refractivity contribution in [3.8, 4) is 0 Å². The summed E-state index contributed by atoms with van der Waals surface area (Å²) in [5, 5.41) is 2.48. The van der Waals surface area contributed by atoms with Crippen molar-refractivity contribution in [2.45, 2.75) is 31.6 Å². The molecule has 8 heteroatoms. The standard InChI is InChI=1S/C21H20F3N3O2/c22-21(23,24)18-11-19(28)25-16-7-3-4-8-17(16)27(18)20(29)13-26-10-9-14-5-1-2-6-15(14)12-26/h1-8,18H,9-13H2,(H,25,28). The highest BCUT2D eigenvalue weighted by Crippen LogP contribution is 2.37. The minimum Gasteiger partial charge on any atom is -0.324 e. The first-order valence-corrected chi connectivity index (χ1v) is 9.40. The van der Waals surface area contributed by atoms with E-state index in [1.165, 1.54) is 17.7 Å². The number of anilines is 2. The van der Waals surface area contributed by atoms with Crippen LogP contribution in [0.25, 0.3) is 0 Å². The van der Waals surface area contributed by atoms with Crippen LogP contribution in [0, 0.1) is 0 Å². The predicted molar refractivity (Wildman–Crippen MR) is 102 cm³/mol. The number of nitrogens with one attached hydrogen (secondary N) is 1. The van der Waals surface area contributed by atoms with E-state index in [4.69, 9.17) is 0 Å². The highest BCUT2D eigenvalue weighted by atomic mass is 19.4. The first-order valence-electron chi connectivity index (χ1n) is 9.40. The number of fused-ring (bicyclic) bond motifs is 2. The summed E-state index contributed by atoms with van der Waals surface area (Å²) in [5.41, 5.74) is 2.55. The fourth-order valence-corrected chi connectivity index (χ4v) is 3.95. The molecule has 2 aromatic rings. The zero-order chi connectivity index (χ0) is 20.6. The monoisotopic (exact) mass is 403 g/mol. The SMILES string of the molecule is O=C1CC(C(F)(F)F)N(C(=O)CN2CCc3ccccc3C2)c2ccccc2N1. The molecule has 2 heterocycles. The molecule has 152 valence electrons. The maximum Gasteiger partial charge on any atom is 0.409 e. The van der Waals surface area contributed by atoms with Crippen LogP contribution in [0.2, 0.25) is 0 Å². The van der Waals surface area contributed by atoms with Crippen molar-refractivity contribution in [2.24, 2.45) is 0 Å². The molecule has 0 spiro atoms. The van der Waals surface area contributed by atoms with Gasteiger partial charge < -0.3 is 5.32 Å². The van der Waals surface area contributed by atoms with Gasteiger partial charge in [-0.05, 0) is 29.7 Å². The van der Waals surface area contributed by atoms with E-state index in [1.54, 1.807) is 12.1 Å². The van der Waals surface area contributed by atoms with Crippen molar-refractivity contribution in [3.05, 3.63) is 59.7 Å². The number of rotatable bonds is 2. The number of hydrogen-bond acceptors (Lipinski definition) is 3. The number of nitrogens with zero attached hydrogens (tertiary/aromatic N) is 2. The molecule has 1 unspecified atom stereocenters. The van der Waals surface area contributed by atoms with Crippen molar-refractivity contribution in [1.82, 2.24) is 4.90 Å². The number of amides is 2. The molecule has 0 aromatic heterocycles. The number of halogens is 3. The number of benzene rings is 2.